The van der Waals surface area contributed by atoms with Gasteiger partial charge in [-0.3, -0.25) is 19.4 Å². The van der Waals surface area contributed by atoms with Crippen LogP contribution in [0, 0.1) is 5.41 Å². The number of carbonyl (C=O) groups is 2. The molecule has 3 rings (SSSR count). The Kier molecular flexibility index (Phi) is 15.9. The van der Waals surface area contributed by atoms with Crippen molar-refractivity contribution in [3.05, 3.63) is 71.8 Å². The lowest BCUT2D eigenvalue weighted by atomic mass is 9.98. The molecule has 3 aromatic rings. The van der Waals surface area contributed by atoms with E-state index in [2.05, 4.69) is 72.7 Å². The molecule has 0 aliphatic heterocycles. The molecule has 0 aliphatic carbocycles. The van der Waals surface area contributed by atoms with Crippen molar-refractivity contribution in [2.24, 2.45) is 5.41 Å². The quantitative estimate of drug-likeness (QED) is 0.0834. The Morgan fingerprint density at radius 1 is 0.696 bits per heavy atom. The van der Waals surface area contributed by atoms with E-state index >= 15 is 0 Å². The van der Waals surface area contributed by atoms with Gasteiger partial charge in [0.25, 0.3) is 0 Å². The molecule has 0 unspecified atom stereocenters. The number of H-pyrrole nitrogens is 2. The number of rotatable bonds is 22. The number of imidazole rings is 2. The Morgan fingerprint density at radius 2 is 1.22 bits per heavy atom. The molecular weight excluding hydrogens is 582 g/mol. The van der Waals surface area contributed by atoms with E-state index in [0.29, 0.717) is 19.6 Å². The van der Waals surface area contributed by atoms with Crippen LogP contribution in [-0.4, -0.2) is 86.1 Å². The summed E-state index contributed by atoms with van der Waals surface area (Å²) in [5.74, 6) is 1.07. The molecule has 0 fully saturated rings. The van der Waals surface area contributed by atoms with E-state index in [4.69, 9.17) is 9.47 Å². The third kappa shape index (κ3) is 14.3. The lowest BCUT2D eigenvalue weighted by Crippen LogP contribution is -2.30. The van der Waals surface area contributed by atoms with Crippen molar-refractivity contribution in [1.82, 2.24) is 34.6 Å². The Morgan fingerprint density at radius 3 is 1.70 bits per heavy atom. The Bertz CT molecular complexity index is 1200. The molecule has 0 radical (unpaired) electrons. The monoisotopic (exact) mass is 637 g/mol. The van der Waals surface area contributed by atoms with Gasteiger partial charge in [-0.15, -0.1) is 0 Å². The Hall–Kier alpha value is -3.54. The number of carbonyl (C=O) groups excluding carboxylic acids is 2. The maximum Gasteiger partial charge on any atom is 0.314 e. The fourth-order valence-electron chi connectivity index (χ4n) is 5.22. The van der Waals surface area contributed by atoms with Crippen LogP contribution in [0.2, 0.25) is 0 Å². The minimum absolute atomic E-state index is 0.234. The van der Waals surface area contributed by atoms with E-state index in [-0.39, 0.29) is 19.2 Å². The fourth-order valence-corrected chi connectivity index (χ4v) is 5.22. The van der Waals surface area contributed by atoms with Crippen LogP contribution in [0.4, 0.5) is 0 Å². The van der Waals surface area contributed by atoms with Crippen molar-refractivity contribution in [3.8, 4) is 0 Å². The second kappa shape index (κ2) is 19.9. The first-order valence-corrected chi connectivity index (χ1v) is 16.7. The normalized spacial score (nSPS) is 11.9. The molecule has 2 N–H and O–H groups in total. The maximum absolute atomic E-state index is 12.5. The summed E-state index contributed by atoms with van der Waals surface area (Å²) in [6, 6.07) is 8.70. The minimum atomic E-state index is -0.639. The number of nitrogens with zero attached hydrogens (tertiary/aromatic N) is 5. The average molecular weight is 638 g/mol. The smallest absolute Gasteiger partial charge is 0.314 e. The summed E-state index contributed by atoms with van der Waals surface area (Å²) in [5.41, 5.74) is 1.76. The number of aromatic amines is 2. The first-order valence-electron chi connectivity index (χ1n) is 16.7. The highest BCUT2D eigenvalue weighted by molar-refractivity contribution is 5.75. The van der Waals surface area contributed by atoms with Gasteiger partial charge in [0.1, 0.15) is 11.6 Å². The average Bonchev–Trinajstić information content (AvgIpc) is 3.73. The molecule has 0 spiro atoms. The Labute approximate surface area is 275 Å². The van der Waals surface area contributed by atoms with Crippen LogP contribution in [0.5, 0.6) is 0 Å². The molecular formula is C35H55N7O4. The standard InChI is InChI=1S/C35H55N7O4/c1-6-19-40(20-7-2)21-8-9-22-41(23-14-33(43)45-28-46-34(44)35(3,4)5)24-29-10-12-30(13-11-29)25-42(26-31-36-15-16-37-31)27-32-38-17-18-39-32/h10-13,15-18H,6-9,14,19-28H2,1-5H3,(H,36,37)(H,38,39). The van der Waals surface area contributed by atoms with Crippen molar-refractivity contribution >= 4 is 11.9 Å². The van der Waals surface area contributed by atoms with Crippen LogP contribution in [0.15, 0.2) is 49.1 Å². The summed E-state index contributed by atoms with van der Waals surface area (Å²) < 4.78 is 10.3. The molecule has 2 heterocycles. The number of hydrogen-bond donors (Lipinski definition) is 2. The van der Waals surface area contributed by atoms with Crippen LogP contribution in [0.1, 0.15) is 89.5 Å². The molecule has 1 aromatic carbocycles. The molecule has 46 heavy (non-hydrogen) atoms. The number of esters is 2. The summed E-state index contributed by atoms with van der Waals surface area (Å²) in [6.45, 7) is 17.1. The van der Waals surface area contributed by atoms with E-state index in [1.807, 2.05) is 12.4 Å². The van der Waals surface area contributed by atoms with Crippen LogP contribution in [0.3, 0.4) is 0 Å². The Balaban J connectivity index is 1.57. The number of aromatic nitrogens is 4. The zero-order valence-corrected chi connectivity index (χ0v) is 28.6. The molecule has 11 nitrogen and oxygen atoms in total. The molecule has 11 heteroatoms. The van der Waals surface area contributed by atoms with Gasteiger partial charge in [-0.2, -0.15) is 0 Å². The lowest BCUT2D eigenvalue weighted by molar-refractivity contribution is -0.173. The number of ether oxygens (including phenoxy) is 2. The van der Waals surface area contributed by atoms with Crippen molar-refractivity contribution in [2.45, 2.75) is 92.9 Å². The molecule has 0 aliphatic rings. The number of hydrogen-bond acceptors (Lipinski definition) is 9. The van der Waals surface area contributed by atoms with Crippen LogP contribution in [0.25, 0.3) is 0 Å². The van der Waals surface area contributed by atoms with Gasteiger partial charge in [0.2, 0.25) is 6.79 Å². The number of unbranched alkanes of at least 4 members (excludes halogenated alkanes) is 1. The molecule has 0 saturated carbocycles. The van der Waals surface area contributed by atoms with Crippen molar-refractivity contribution in [2.75, 3.05) is 39.5 Å². The summed E-state index contributed by atoms with van der Waals surface area (Å²) >= 11 is 0. The van der Waals surface area contributed by atoms with Gasteiger partial charge in [0.15, 0.2) is 0 Å². The van der Waals surface area contributed by atoms with E-state index in [1.165, 1.54) is 24.0 Å². The SMILES string of the molecule is CCCN(CCC)CCCCN(CCC(=O)OCOC(=O)C(C)(C)C)Cc1ccc(CN(Cc2ncc[nH]2)Cc2ncc[nH]2)cc1. The largest absolute Gasteiger partial charge is 0.428 e. The van der Waals surface area contributed by atoms with E-state index in [0.717, 1.165) is 63.8 Å². The summed E-state index contributed by atoms with van der Waals surface area (Å²) in [5, 5.41) is 0. The predicted molar refractivity (Wildman–Crippen MR) is 179 cm³/mol. The van der Waals surface area contributed by atoms with Crippen molar-refractivity contribution in [1.29, 1.82) is 0 Å². The van der Waals surface area contributed by atoms with Gasteiger partial charge < -0.3 is 24.3 Å². The molecule has 0 atom stereocenters. The third-order valence-corrected chi connectivity index (χ3v) is 7.62. The van der Waals surface area contributed by atoms with Crippen LogP contribution >= 0.6 is 0 Å². The first-order chi connectivity index (χ1) is 22.2. The predicted octanol–water partition coefficient (Wildman–Crippen LogP) is 5.52. The van der Waals surface area contributed by atoms with Gasteiger partial charge >= 0.3 is 11.9 Å². The molecule has 254 valence electrons. The van der Waals surface area contributed by atoms with Gasteiger partial charge in [-0.25, -0.2) is 9.97 Å². The van der Waals surface area contributed by atoms with Gasteiger partial charge in [-0.1, -0.05) is 38.1 Å². The second-order valence-corrected chi connectivity index (χ2v) is 12.9. The van der Waals surface area contributed by atoms with E-state index < -0.39 is 11.4 Å². The van der Waals surface area contributed by atoms with E-state index in [1.54, 1.807) is 33.2 Å². The highest BCUT2D eigenvalue weighted by atomic mass is 16.7. The molecule has 0 bridgehead atoms. The van der Waals surface area contributed by atoms with Crippen LogP contribution < -0.4 is 0 Å². The topological polar surface area (TPSA) is 120 Å². The fraction of sp³-hybridized carbons (Fsp3) is 0.600. The summed E-state index contributed by atoms with van der Waals surface area (Å²) in [6.07, 6.45) is 12.0. The zero-order chi connectivity index (χ0) is 33.2. The van der Waals surface area contributed by atoms with Gasteiger partial charge in [0.05, 0.1) is 24.9 Å². The zero-order valence-electron chi connectivity index (χ0n) is 28.6. The highest BCUT2D eigenvalue weighted by Gasteiger charge is 2.23. The molecule has 0 saturated heterocycles. The number of benzene rings is 1. The van der Waals surface area contributed by atoms with Crippen LogP contribution in [-0.2, 0) is 45.2 Å². The van der Waals surface area contributed by atoms with Crippen molar-refractivity contribution in [3.63, 3.8) is 0 Å². The highest BCUT2D eigenvalue weighted by Crippen LogP contribution is 2.16. The summed E-state index contributed by atoms with van der Waals surface area (Å²) in [7, 11) is 0. The molecule has 0 amide bonds. The van der Waals surface area contributed by atoms with Crippen molar-refractivity contribution < 1.29 is 19.1 Å². The second-order valence-electron chi connectivity index (χ2n) is 12.9. The van der Waals surface area contributed by atoms with Gasteiger partial charge in [-0.05, 0) is 83.8 Å². The van der Waals surface area contributed by atoms with E-state index in [9.17, 15) is 9.59 Å². The number of nitrogens with one attached hydrogen (secondary N) is 2. The third-order valence-electron chi connectivity index (χ3n) is 7.62. The minimum Gasteiger partial charge on any atom is -0.428 e. The maximum atomic E-state index is 12.5. The van der Waals surface area contributed by atoms with Gasteiger partial charge in [0, 0.05) is 44.4 Å². The first kappa shape index (κ1) is 36.9. The lowest BCUT2D eigenvalue weighted by Gasteiger charge is -2.24. The molecule has 2 aromatic heterocycles. The summed E-state index contributed by atoms with van der Waals surface area (Å²) in [4.78, 5) is 46.8.